The molecule has 1 aliphatic rings. The van der Waals surface area contributed by atoms with Gasteiger partial charge in [0.15, 0.2) is 18.3 Å². The second-order valence-electron chi connectivity index (χ2n) is 5.40. The summed E-state index contributed by atoms with van der Waals surface area (Å²) in [6.45, 7) is 6.17. The fourth-order valence-electron chi connectivity index (χ4n) is 2.44. The molecule has 0 aromatic rings. The van der Waals surface area contributed by atoms with Crippen LogP contribution in [0.15, 0.2) is 0 Å². The van der Waals surface area contributed by atoms with Gasteiger partial charge in [0.05, 0.1) is 6.10 Å². The summed E-state index contributed by atoms with van der Waals surface area (Å²) in [6, 6.07) is 0. The Morgan fingerprint density at radius 1 is 0.750 bits per heavy atom. The van der Waals surface area contributed by atoms with Gasteiger partial charge in [0.2, 0.25) is 0 Å². The van der Waals surface area contributed by atoms with Crippen molar-refractivity contribution in [2.75, 3.05) is 6.61 Å². The molecule has 24 heavy (non-hydrogen) atoms. The van der Waals surface area contributed by atoms with Crippen molar-refractivity contribution in [3.63, 3.8) is 0 Å². The summed E-state index contributed by atoms with van der Waals surface area (Å²) >= 11 is 0. The van der Waals surface area contributed by atoms with Crippen LogP contribution < -0.4 is 0 Å². The highest BCUT2D eigenvalue weighted by Gasteiger charge is 2.50. The van der Waals surface area contributed by atoms with Gasteiger partial charge in [-0.25, -0.2) is 0 Å². The average molecular weight is 346 g/mol. The maximum absolute atomic E-state index is 11.4. The number of rotatable bonds is 5. The summed E-state index contributed by atoms with van der Waals surface area (Å²) in [5.41, 5.74) is 0. The van der Waals surface area contributed by atoms with E-state index in [4.69, 9.17) is 23.7 Å². The lowest BCUT2D eigenvalue weighted by molar-refractivity contribution is -0.249. The number of carbonyl (C=O) groups excluding carboxylic acids is 4. The lowest BCUT2D eigenvalue weighted by atomic mass is 9.95. The average Bonchev–Trinajstić information content (AvgIpc) is 2.42. The summed E-state index contributed by atoms with van der Waals surface area (Å²) < 4.78 is 26.1. The van der Waals surface area contributed by atoms with E-state index in [2.05, 4.69) is 0 Å². The minimum atomic E-state index is -1.09. The molecule has 0 aromatic heterocycles. The van der Waals surface area contributed by atoms with Crippen molar-refractivity contribution in [2.45, 2.75) is 65.1 Å². The number of carbonyl (C=O) groups is 4. The van der Waals surface area contributed by atoms with Gasteiger partial charge < -0.3 is 23.7 Å². The van der Waals surface area contributed by atoms with Crippen molar-refractivity contribution in [3.8, 4) is 0 Å². The maximum atomic E-state index is 11.4. The zero-order valence-electron chi connectivity index (χ0n) is 14.3. The highest BCUT2D eigenvalue weighted by Crippen LogP contribution is 2.28. The third-order valence-electron chi connectivity index (χ3n) is 3.22. The van der Waals surface area contributed by atoms with E-state index in [0.29, 0.717) is 0 Å². The standard InChI is InChI=1S/C15H22O9/c1-7-13(22-9(3)17)15(24-11(5)19)14(23-10(4)18)12(21-7)6-20-8(2)16/h7,12-15H,6H2,1-5H3/t7-,12+,13-,14+,15+/m0/s1. The topological polar surface area (TPSA) is 114 Å². The summed E-state index contributed by atoms with van der Waals surface area (Å²) in [4.78, 5) is 45.2. The van der Waals surface area contributed by atoms with E-state index in [1.54, 1.807) is 6.92 Å². The van der Waals surface area contributed by atoms with Crippen LogP contribution in [0.1, 0.15) is 34.6 Å². The van der Waals surface area contributed by atoms with Crippen LogP contribution in [0.25, 0.3) is 0 Å². The van der Waals surface area contributed by atoms with Gasteiger partial charge >= 0.3 is 23.9 Å². The minimum absolute atomic E-state index is 0.206. The van der Waals surface area contributed by atoms with Gasteiger partial charge in [-0.3, -0.25) is 19.2 Å². The highest BCUT2D eigenvalue weighted by molar-refractivity contribution is 5.68. The fraction of sp³-hybridized carbons (Fsp3) is 0.733. The first kappa shape index (κ1) is 19.9. The van der Waals surface area contributed by atoms with Crippen molar-refractivity contribution >= 4 is 23.9 Å². The van der Waals surface area contributed by atoms with Crippen LogP contribution in [-0.2, 0) is 42.9 Å². The van der Waals surface area contributed by atoms with E-state index >= 15 is 0 Å². The molecular weight excluding hydrogens is 324 g/mol. The van der Waals surface area contributed by atoms with Gasteiger partial charge in [-0.05, 0) is 6.92 Å². The SMILES string of the molecule is CC(=O)OC[C@H]1O[C@@H](C)[C@H](OC(C)=O)[C@@H](OC(C)=O)[C@@H]1OC(C)=O. The Morgan fingerprint density at radius 3 is 1.67 bits per heavy atom. The van der Waals surface area contributed by atoms with Crippen LogP contribution in [0.3, 0.4) is 0 Å². The Balaban J connectivity index is 3.11. The molecular formula is C15H22O9. The molecule has 1 rings (SSSR count). The molecule has 0 unspecified atom stereocenters. The minimum Gasteiger partial charge on any atom is -0.463 e. The van der Waals surface area contributed by atoms with E-state index in [1.165, 1.54) is 27.7 Å². The summed E-state index contributed by atoms with van der Waals surface area (Å²) in [5, 5.41) is 0. The molecule has 0 amide bonds. The lowest BCUT2D eigenvalue weighted by Gasteiger charge is -2.43. The van der Waals surface area contributed by atoms with Gasteiger partial charge in [-0.15, -0.1) is 0 Å². The molecule has 9 nitrogen and oxygen atoms in total. The normalized spacial score (nSPS) is 29.3. The Labute approximate surface area is 139 Å². The molecule has 136 valence electrons. The van der Waals surface area contributed by atoms with Crippen molar-refractivity contribution < 1.29 is 42.9 Å². The molecule has 1 saturated heterocycles. The number of hydrogen-bond donors (Lipinski definition) is 0. The smallest absolute Gasteiger partial charge is 0.303 e. The van der Waals surface area contributed by atoms with Crippen LogP contribution in [0.4, 0.5) is 0 Å². The van der Waals surface area contributed by atoms with Crippen molar-refractivity contribution in [1.29, 1.82) is 0 Å². The van der Waals surface area contributed by atoms with Crippen molar-refractivity contribution in [3.05, 3.63) is 0 Å². The Hall–Kier alpha value is -2.16. The van der Waals surface area contributed by atoms with E-state index in [0.717, 1.165) is 0 Å². The first-order valence-corrected chi connectivity index (χ1v) is 7.42. The number of esters is 4. The van der Waals surface area contributed by atoms with E-state index < -0.39 is 54.4 Å². The summed E-state index contributed by atoms with van der Waals surface area (Å²) in [6.07, 6.45) is -4.69. The molecule has 1 aliphatic heterocycles. The number of ether oxygens (including phenoxy) is 5. The monoisotopic (exact) mass is 346 g/mol. The van der Waals surface area contributed by atoms with E-state index in [-0.39, 0.29) is 6.61 Å². The van der Waals surface area contributed by atoms with Crippen LogP contribution in [-0.4, -0.2) is 61.0 Å². The fourth-order valence-corrected chi connectivity index (χ4v) is 2.44. The van der Waals surface area contributed by atoms with Crippen LogP contribution >= 0.6 is 0 Å². The summed E-state index contributed by atoms with van der Waals surface area (Å²) in [7, 11) is 0. The van der Waals surface area contributed by atoms with Crippen molar-refractivity contribution in [1.82, 2.24) is 0 Å². The molecule has 1 fully saturated rings. The van der Waals surface area contributed by atoms with Gasteiger partial charge in [0, 0.05) is 27.7 Å². The molecule has 9 heteroatoms. The molecule has 0 N–H and O–H groups in total. The first-order valence-electron chi connectivity index (χ1n) is 7.42. The predicted octanol–water partition coefficient (Wildman–Crippen LogP) is 0.132. The van der Waals surface area contributed by atoms with Crippen LogP contribution in [0, 0.1) is 0 Å². The third kappa shape index (κ3) is 5.80. The molecule has 0 bridgehead atoms. The molecule has 0 spiro atoms. The van der Waals surface area contributed by atoms with Gasteiger partial charge in [0.1, 0.15) is 12.7 Å². The van der Waals surface area contributed by atoms with Crippen molar-refractivity contribution in [2.24, 2.45) is 0 Å². The summed E-state index contributed by atoms with van der Waals surface area (Å²) in [5.74, 6) is -2.44. The lowest BCUT2D eigenvalue weighted by Crippen LogP contribution is -2.61. The Bertz CT molecular complexity index is 501. The maximum Gasteiger partial charge on any atom is 0.303 e. The third-order valence-corrected chi connectivity index (χ3v) is 3.22. The van der Waals surface area contributed by atoms with Gasteiger partial charge in [-0.1, -0.05) is 0 Å². The first-order chi connectivity index (χ1) is 11.1. The molecule has 0 aliphatic carbocycles. The van der Waals surface area contributed by atoms with Crippen LogP contribution in [0.2, 0.25) is 0 Å². The Morgan fingerprint density at radius 2 is 1.21 bits per heavy atom. The Kier molecular flexibility index (Phi) is 7.15. The predicted molar refractivity (Wildman–Crippen MR) is 77.6 cm³/mol. The molecule has 5 atom stereocenters. The largest absolute Gasteiger partial charge is 0.463 e. The van der Waals surface area contributed by atoms with E-state index in [9.17, 15) is 19.2 Å². The van der Waals surface area contributed by atoms with Gasteiger partial charge in [-0.2, -0.15) is 0 Å². The zero-order chi connectivity index (χ0) is 18.4. The van der Waals surface area contributed by atoms with E-state index in [1.807, 2.05) is 0 Å². The second-order valence-corrected chi connectivity index (χ2v) is 5.40. The highest BCUT2D eigenvalue weighted by atomic mass is 16.7. The molecule has 0 aromatic carbocycles. The number of hydrogen-bond acceptors (Lipinski definition) is 9. The quantitative estimate of drug-likeness (QED) is 0.506. The molecule has 0 radical (unpaired) electrons. The zero-order valence-corrected chi connectivity index (χ0v) is 14.3. The molecule has 1 heterocycles. The van der Waals surface area contributed by atoms with Gasteiger partial charge in [0.25, 0.3) is 0 Å². The van der Waals surface area contributed by atoms with Crippen LogP contribution in [0.5, 0.6) is 0 Å². The molecule has 0 saturated carbocycles. The second kappa shape index (κ2) is 8.62.